The molecule has 4 rings (SSSR count). The van der Waals surface area contributed by atoms with Crippen LogP contribution in [0.4, 0.5) is 0 Å². The predicted octanol–water partition coefficient (Wildman–Crippen LogP) is 2.24. The molecule has 0 aromatic rings. The Bertz CT molecular complexity index is 990. The first-order valence-electron chi connectivity index (χ1n) is 10.1. The number of allylic oxidation sites excluding steroid dienone is 3. The smallest absolute Gasteiger partial charge is 0.214 e. The summed E-state index contributed by atoms with van der Waals surface area (Å²) in [7, 11) is -6.97. The molecule has 0 bridgehead atoms. The number of rotatable bonds is 6. The molecule has 11 heteroatoms. The van der Waals surface area contributed by atoms with Gasteiger partial charge in [-0.15, -0.1) is 12.4 Å². The van der Waals surface area contributed by atoms with Crippen molar-refractivity contribution in [1.82, 2.24) is 13.9 Å². The summed E-state index contributed by atoms with van der Waals surface area (Å²) in [6, 6.07) is 0. The minimum absolute atomic E-state index is 0. The molecule has 0 aromatic heterocycles. The molecule has 1 N–H and O–H groups in total. The Morgan fingerprint density at radius 2 is 2.00 bits per heavy atom. The van der Waals surface area contributed by atoms with Crippen molar-refractivity contribution in [3.8, 4) is 0 Å². The van der Waals surface area contributed by atoms with E-state index < -0.39 is 26.3 Å². The van der Waals surface area contributed by atoms with Crippen molar-refractivity contribution in [2.75, 3.05) is 25.6 Å². The van der Waals surface area contributed by atoms with E-state index in [0.29, 0.717) is 6.42 Å². The average Bonchev–Trinajstić information content (AvgIpc) is 3.00. The Labute approximate surface area is 185 Å². The second kappa shape index (κ2) is 8.46. The lowest BCUT2D eigenvalue weighted by Crippen LogP contribution is -2.44. The Balaban J connectivity index is 0.00000256. The lowest BCUT2D eigenvalue weighted by atomic mass is 9.66. The topological polar surface area (TPSA) is 96.0 Å². The van der Waals surface area contributed by atoms with E-state index in [4.69, 9.17) is 4.74 Å². The summed E-state index contributed by atoms with van der Waals surface area (Å²) < 4.78 is 58.0. The van der Waals surface area contributed by atoms with E-state index in [1.165, 1.54) is 9.88 Å². The zero-order valence-corrected chi connectivity index (χ0v) is 19.8. The second-order valence-electron chi connectivity index (χ2n) is 8.37. The second-order valence-corrected chi connectivity index (χ2v) is 12.1. The number of nitrogens with zero attached hydrogens (tertiary/aromatic N) is 2. The fourth-order valence-electron chi connectivity index (χ4n) is 5.02. The minimum atomic E-state index is -3.58. The van der Waals surface area contributed by atoms with Crippen LogP contribution in [0.3, 0.4) is 0 Å². The average molecular weight is 480 g/mol. The number of halogens is 1. The molecule has 0 amide bonds. The van der Waals surface area contributed by atoms with Gasteiger partial charge >= 0.3 is 0 Å². The van der Waals surface area contributed by atoms with Gasteiger partial charge in [0.1, 0.15) is 5.76 Å². The first-order valence-corrected chi connectivity index (χ1v) is 13.8. The SMILES string of the molecule is CS(=O)(=O)NCCN([C@H]1CC23CCCCC2=CN2C=CCCC2=C3O1)S(C)(=O)=O.Cl. The third kappa shape index (κ3) is 4.43. The molecule has 0 aromatic carbocycles. The standard InChI is InChI=1S/C19H29N3O5S2.ClH/c1-28(23,24)20-10-12-22(29(2,25)26)17-13-19-9-5-3-7-15(19)14-21-11-6-4-8-16(21)18(19)27-17;/h6,11,14,17,20H,3-5,7-10,12-13H2,1-2H3;1H/t17-,19?;/m1./s1. The van der Waals surface area contributed by atoms with Crippen LogP contribution in [0.15, 0.2) is 35.5 Å². The summed E-state index contributed by atoms with van der Waals surface area (Å²) in [4.78, 5) is 2.14. The van der Waals surface area contributed by atoms with Gasteiger partial charge in [-0.2, -0.15) is 4.31 Å². The molecule has 2 fully saturated rings. The van der Waals surface area contributed by atoms with Gasteiger partial charge in [0.25, 0.3) is 0 Å². The van der Waals surface area contributed by atoms with Crippen molar-refractivity contribution in [1.29, 1.82) is 0 Å². The highest BCUT2D eigenvalue weighted by Crippen LogP contribution is 2.59. The quantitative estimate of drug-likeness (QED) is 0.627. The van der Waals surface area contributed by atoms with Crippen LogP contribution in [0.2, 0.25) is 0 Å². The van der Waals surface area contributed by atoms with Crippen molar-refractivity contribution in [2.45, 2.75) is 51.2 Å². The highest BCUT2D eigenvalue weighted by atomic mass is 35.5. The van der Waals surface area contributed by atoms with E-state index in [2.05, 4.69) is 28.1 Å². The van der Waals surface area contributed by atoms with Crippen LogP contribution in [-0.2, 0) is 24.8 Å². The van der Waals surface area contributed by atoms with Crippen LogP contribution < -0.4 is 4.72 Å². The maximum Gasteiger partial charge on any atom is 0.214 e. The van der Waals surface area contributed by atoms with Gasteiger partial charge in [0.15, 0.2) is 6.23 Å². The maximum atomic E-state index is 12.5. The van der Waals surface area contributed by atoms with Gasteiger partial charge in [-0.3, -0.25) is 0 Å². The van der Waals surface area contributed by atoms with E-state index >= 15 is 0 Å². The normalized spacial score (nSPS) is 28.3. The number of fused-ring (bicyclic) bond motifs is 1. The largest absolute Gasteiger partial charge is 0.476 e. The van der Waals surface area contributed by atoms with E-state index in [9.17, 15) is 16.8 Å². The zero-order chi connectivity index (χ0) is 20.9. The molecule has 0 radical (unpaired) electrons. The van der Waals surface area contributed by atoms with Crippen LogP contribution in [0, 0.1) is 5.41 Å². The molecular weight excluding hydrogens is 450 g/mol. The monoisotopic (exact) mass is 479 g/mol. The number of ether oxygens (including phenoxy) is 1. The molecule has 3 aliphatic heterocycles. The van der Waals surface area contributed by atoms with Crippen LogP contribution in [0.5, 0.6) is 0 Å². The van der Waals surface area contributed by atoms with Crippen LogP contribution in [0.25, 0.3) is 0 Å². The Hall–Kier alpha value is -1.07. The number of hydrogen-bond acceptors (Lipinski definition) is 6. The molecule has 4 aliphatic rings. The fourth-order valence-corrected chi connectivity index (χ4v) is 6.45. The number of hydrogen-bond donors (Lipinski definition) is 1. The van der Waals surface area contributed by atoms with Gasteiger partial charge in [-0.25, -0.2) is 21.6 Å². The maximum absolute atomic E-state index is 12.5. The van der Waals surface area contributed by atoms with Gasteiger partial charge in [0.05, 0.1) is 23.6 Å². The predicted molar refractivity (Wildman–Crippen MR) is 117 cm³/mol. The molecule has 1 aliphatic carbocycles. The summed E-state index contributed by atoms with van der Waals surface area (Å²) in [6.45, 7) is 0.0557. The highest BCUT2D eigenvalue weighted by molar-refractivity contribution is 7.88. The summed E-state index contributed by atoms with van der Waals surface area (Å²) >= 11 is 0. The van der Waals surface area contributed by atoms with Gasteiger partial charge in [0.2, 0.25) is 20.0 Å². The molecular formula is C19H30ClN3O5S2. The first-order chi connectivity index (χ1) is 13.6. The van der Waals surface area contributed by atoms with Crippen molar-refractivity contribution in [3.63, 3.8) is 0 Å². The molecule has 1 spiro atoms. The van der Waals surface area contributed by atoms with Gasteiger partial charge in [0, 0.05) is 31.9 Å². The molecule has 8 nitrogen and oxygen atoms in total. The summed E-state index contributed by atoms with van der Waals surface area (Å²) in [6.07, 6.45) is 14.6. The van der Waals surface area contributed by atoms with Crippen molar-refractivity contribution in [3.05, 3.63) is 35.5 Å². The Morgan fingerprint density at radius 3 is 2.70 bits per heavy atom. The number of sulfonamides is 2. The molecule has 1 unspecified atom stereocenters. The lowest BCUT2D eigenvalue weighted by Gasteiger charge is -2.42. The van der Waals surface area contributed by atoms with E-state index in [1.54, 1.807) is 0 Å². The van der Waals surface area contributed by atoms with Crippen molar-refractivity contribution in [2.24, 2.45) is 5.41 Å². The Kier molecular flexibility index (Phi) is 6.65. The number of nitrogens with one attached hydrogen (secondary N) is 1. The third-order valence-electron chi connectivity index (χ3n) is 6.25. The van der Waals surface area contributed by atoms with E-state index in [-0.39, 0.29) is 30.9 Å². The van der Waals surface area contributed by atoms with Crippen LogP contribution in [-0.4, -0.2) is 57.9 Å². The van der Waals surface area contributed by atoms with Gasteiger partial charge < -0.3 is 9.64 Å². The fraction of sp³-hybridized carbons (Fsp3) is 0.684. The Morgan fingerprint density at radius 1 is 1.23 bits per heavy atom. The third-order valence-corrected chi connectivity index (χ3v) is 8.25. The molecule has 1 saturated heterocycles. The van der Waals surface area contributed by atoms with E-state index in [0.717, 1.165) is 62.5 Å². The molecule has 1 saturated carbocycles. The summed E-state index contributed by atoms with van der Waals surface area (Å²) in [5.74, 6) is 0.925. The summed E-state index contributed by atoms with van der Waals surface area (Å²) in [5.41, 5.74) is 2.22. The van der Waals surface area contributed by atoms with Gasteiger partial charge in [-0.05, 0) is 37.7 Å². The van der Waals surface area contributed by atoms with Crippen LogP contribution in [0.1, 0.15) is 44.9 Å². The van der Waals surface area contributed by atoms with Gasteiger partial charge in [-0.1, -0.05) is 12.5 Å². The van der Waals surface area contributed by atoms with Crippen LogP contribution >= 0.6 is 12.4 Å². The molecule has 170 valence electrons. The zero-order valence-electron chi connectivity index (χ0n) is 17.3. The highest BCUT2D eigenvalue weighted by Gasteiger charge is 2.54. The van der Waals surface area contributed by atoms with E-state index in [1.807, 2.05) is 0 Å². The molecule has 30 heavy (non-hydrogen) atoms. The first kappa shape index (κ1) is 23.6. The lowest BCUT2D eigenvalue weighted by molar-refractivity contribution is 0.0586. The summed E-state index contributed by atoms with van der Waals surface area (Å²) in [5, 5.41) is 0. The van der Waals surface area contributed by atoms with Crippen molar-refractivity contribution < 1.29 is 21.6 Å². The minimum Gasteiger partial charge on any atom is -0.476 e. The molecule has 3 heterocycles. The molecule has 2 atom stereocenters. The van der Waals surface area contributed by atoms with Crippen molar-refractivity contribution >= 4 is 32.5 Å².